The Kier molecular flexibility index (Phi) is 7.05. The monoisotopic (exact) mass is 311 g/mol. The molecular formula is C12H16Cl3NS. The minimum absolute atomic E-state index is 0. The molecule has 1 aromatic carbocycles. The fourth-order valence-corrected chi connectivity index (χ4v) is 3.50. The van der Waals surface area contributed by atoms with Crippen molar-refractivity contribution < 1.29 is 0 Å². The van der Waals surface area contributed by atoms with Crippen LogP contribution < -0.4 is 5.32 Å². The van der Waals surface area contributed by atoms with Gasteiger partial charge in [0.25, 0.3) is 0 Å². The summed E-state index contributed by atoms with van der Waals surface area (Å²) in [5.41, 5.74) is 0. The first kappa shape index (κ1) is 15.5. The van der Waals surface area contributed by atoms with Gasteiger partial charge in [-0.05, 0) is 50.0 Å². The summed E-state index contributed by atoms with van der Waals surface area (Å²) >= 11 is 13.8. The molecule has 0 saturated carbocycles. The minimum atomic E-state index is 0. The largest absolute Gasteiger partial charge is 0.316 e. The quantitative estimate of drug-likeness (QED) is 0.824. The first-order chi connectivity index (χ1) is 7.75. The van der Waals surface area contributed by atoms with Crippen LogP contribution in [-0.2, 0) is 0 Å². The number of hydrogen-bond acceptors (Lipinski definition) is 2. The zero-order valence-electron chi connectivity index (χ0n) is 9.42. The van der Waals surface area contributed by atoms with Crippen LogP contribution >= 0.6 is 47.4 Å². The van der Waals surface area contributed by atoms with Crippen molar-refractivity contribution in [2.45, 2.75) is 17.7 Å². The van der Waals surface area contributed by atoms with E-state index in [1.165, 1.54) is 19.4 Å². The Morgan fingerprint density at radius 2 is 2.18 bits per heavy atom. The number of rotatable bonds is 3. The highest BCUT2D eigenvalue weighted by Crippen LogP contribution is 2.31. The summed E-state index contributed by atoms with van der Waals surface area (Å²) in [4.78, 5) is 1.14. The zero-order chi connectivity index (χ0) is 11.4. The molecule has 1 N–H and O–H groups in total. The lowest BCUT2D eigenvalue weighted by Crippen LogP contribution is -2.30. The van der Waals surface area contributed by atoms with Crippen molar-refractivity contribution in [1.29, 1.82) is 0 Å². The predicted molar refractivity (Wildman–Crippen MR) is 80.0 cm³/mol. The van der Waals surface area contributed by atoms with Crippen molar-refractivity contribution in [2.24, 2.45) is 5.92 Å². The molecular weight excluding hydrogens is 297 g/mol. The first-order valence-corrected chi connectivity index (χ1v) is 7.28. The van der Waals surface area contributed by atoms with E-state index in [0.717, 1.165) is 28.1 Å². The summed E-state index contributed by atoms with van der Waals surface area (Å²) in [5.74, 6) is 1.90. The zero-order valence-corrected chi connectivity index (χ0v) is 12.6. The molecule has 1 nitrogen and oxygen atoms in total. The molecule has 0 bridgehead atoms. The third-order valence-corrected chi connectivity index (χ3v) is 4.73. The molecule has 1 saturated heterocycles. The van der Waals surface area contributed by atoms with Gasteiger partial charge in [0.05, 0.1) is 5.02 Å². The van der Waals surface area contributed by atoms with E-state index in [4.69, 9.17) is 23.2 Å². The van der Waals surface area contributed by atoms with Crippen LogP contribution in [0.4, 0.5) is 0 Å². The Morgan fingerprint density at radius 1 is 1.35 bits per heavy atom. The molecule has 0 amide bonds. The van der Waals surface area contributed by atoms with Crippen molar-refractivity contribution in [3.05, 3.63) is 28.2 Å². The maximum atomic E-state index is 6.13. The van der Waals surface area contributed by atoms with Crippen LogP contribution in [0.5, 0.6) is 0 Å². The Hall–Kier alpha value is 0.400. The Labute approximate surface area is 123 Å². The van der Waals surface area contributed by atoms with Gasteiger partial charge in [-0.3, -0.25) is 0 Å². The maximum absolute atomic E-state index is 6.13. The standard InChI is InChI=1S/C12H15Cl2NS.ClH/c13-10-3-4-12(11(14)6-10)16-8-9-2-1-5-15-7-9;/h3-4,6,9,15H,1-2,5,7-8H2;1H. The van der Waals surface area contributed by atoms with Crippen LogP contribution in [0.2, 0.25) is 10.0 Å². The third kappa shape index (κ3) is 4.88. The van der Waals surface area contributed by atoms with E-state index in [-0.39, 0.29) is 12.4 Å². The molecule has 0 radical (unpaired) electrons. The van der Waals surface area contributed by atoms with Gasteiger partial charge >= 0.3 is 0 Å². The van der Waals surface area contributed by atoms with E-state index in [9.17, 15) is 0 Å². The lowest BCUT2D eigenvalue weighted by Gasteiger charge is -2.22. The van der Waals surface area contributed by atoms with Gasteiger partial charge in [-0.2, -0.15) is 0 Å². The molecule has 1 fully saturated rings. The van der Waals surface area contributed by atoms with Crippen LogP contribution in [0.3, 0.4) is 0 Å². The highest BCUT2D eigenvalue weighted by Gasteiger charge is 2.13. The molecule has 1 aliphatic rings. The van der Waals surface area contributed by atoms with Crippen LogP contribution in [-0.4, -0.2) is 18.8 Å². The predicted octanol–water partition coefficient (Wildman–Crippen LogP) is 4.51. The number of nitrogens with one attached hydrogen (secondary N) is 1. The van der Waals surface area contributed by atoms with E-state index in [0.29, 0.717) is 5.02 Å². The van der Waals surface area contributed by atoms with Crippen molar-refractivity contribution in [3.8, 4) is 0 Å². The second-order valence-corrected chi connectivity index (χ2v) is 6.00. The number of hydrogen-bond donors (Lipinski definition) is 1. The topological polar surface area (TPSA) is 12.0 Å². The number of benzene rings is 1. The van der Waals surface area contributed by atoms with Gasteiger partial charge in [0, 0.05) is 15.7 Å². The molecule has 2 rings (SSSR count). The maximum Gasteiger partial charge on any atom is 0.0556 e. The molecule has 5 heteroatoms. The summed E-state index contributed by atoms with van der Waals surface area (Å²) in [6.45, 7) is 2.31. The molecule has 0 spiro atoms. The van der Waals surface area contributed by atoms with Gasteiger partial charge in [0.2, 0.25) is 0 Å². The summed E-state index contributed by atoms with van der Waals surface area (Å²) < 4.78 is 0. The lowest BCUT2D eigenvalue weighted by molar-refractivity contribution is 0.410. The van der Waals surface area contributed by atoms with Gasteiger partial charge in [0.1, 0.15) is 0 Å². The van der Waals surface area contributed by atoms with Gasteiger partial charge < -0.3 is 5.32 Å². The molecule has 1 aliphatic heterocycles. The lowest BCUT2D eigenvalue weighted by atomic mass is 10.0. The highest BCUT2D eigenvalue weighted by atomic mass is 35.5. The van der Waals surface area contributed by atoms with E-state index in [2.05, 4.69) is 5.32 Å². The van der Waals surface area contributed by atoms with Crippen LogP contribution in [0.15, 0.2) is 23.1 Å². The Bertz CT molecular complexity index is 354. The van der Waals surface area contributed by atoms with Gasteiger partial charge in [-0.15, -0.1) is 24.2 Å². The minimum Gasteiger partial charge on any atom is -0.316 e. The normalized spacial score (nSPS) is 19.8. The van der Waals surface area contributed by atoms with Gasteiger partial charge in [-0.25, -0.2) is 0 Å². The fourth-order valence-electron chi connectivity index (χ4n) is 1.87. The molecule has 1 atom stereocenters. The van der Waals surface area contributed by atoms with E-state index >= 15 is 0 Å². The average molecular weight is 313 g/mol. The van der Waals surface area contributed by atoms with E-state index in [1.54, 1.807) is 0 Å². The van der Waals surface area contributed by atoms with Crippen molar-refractivity contribution >= 4 is 47.4 Å². The summed E-state index contributed by atoms with van der Waals surface area (Å²) in [6.07, 6.45) is 2.62. The van der Waals surface area contributed by atoms with E-state index in [1.807, 2.05) is 30.0 Å². The third-order valence-electron chi connectivity index (χ3n) is 2.77. The highest BCUT2D eigenvalue weighted by molar-refractivity contribution is 7.99. The van der Waals surface area contributed by atoms with Gasteiger partial charge in [0.15, 0.2) is 0 Å². The number of piperidine rings is 1. The van der Waals surface area contributed by atoms with Gasteiger partial charge in [-0.1, -0.05) is 23.2 Å². The Balaban J connectivity index is 0.00000144. The molecule has 1 heterocycles. The molecule has 1 aromatic rings. The Morgan fingerprint density at radius 3 is 2.82 bits per heavy atom. The molecule has 0 aliphatic carbocycles. The summed E-state index contributed by atoms with van der Waals surface area (Å²) in [7, 11) is 0. The van der Waals surface area contributed by atoms with Crippen molar-refractivity contribution in [3.63, 3.8) is 0 Å². The van der Waals surface area contributed by atoms with Crippen LogP contribution in [0, 0.1) is 5.92 Å². The fraction of sp³-hybridized carbons (Fsp3) is 0.500. The first-order valence-electron chi connectivity index (χ1n) is 5.54. The smallest absolute Gasteiger partial charge is 0.0556 e. The molecule has 0 aromatic heterocycles. The second kappa shape index (κ2) is 7.75. The van der Waals surface area contributed by atoms with Crippen LogP contribution in [0.25, 0.3) is 0 Å². The second-order valence-electron chi connectivity index (χ2n) is 4.10. The summed E-state index contributed by atoms with van der Waals surface area (Å²) in [6, 6.07) is 5.71. The van der Waals surface area contributed by atoms with Crippen molar-refractivity contribution in [1.82, 2.24) is 5.32 Å². The van der Waals surface area contributed by atoms with Crippen LogP contribution in [0.1, 0.15) is 12.8 Å². The molecule has 96 valence electrons. The van der Waals surface area contributed by atoms with E-state index < -0.39 is 0 Å². The molecule has 17 heavy (non-hydrogen) atoms. The average Bonchev–Trinajstić information content (AvgIpc) is 2.29. The SMILES string of the molecule is Cl.Clc1ccc(SCC2CCCNC2)c(Cl)c1. The number of thioether (sulfide) groups is 1. The number of halogens is 3. The van der Waals surface area contributed by atoms with Crippen molar-refractivity contribution in [2.75, 3.05) is 18.8 Å². The summed E-state index contributed by atoms with van der Waals surface area (Å²) in [5, 5.41) is 4.89. The molecule has 1 unspecified atom stereocenters.